The molecular weight excluding hydrogens is 252 g/mol. The second-order valence-electron chi connectivity index (χ2n) is 7.13. The Morgan fingerprint density at radius 1 is 1.30 bits per heavy atom. The normalized spacial score (nSPS) is 31.4. The summed E-state index contributed by atoms with van der Waals surface area (Å²) in [5, 5.41) is 3.02. The average molecular weight is 280 g/mol. The van der Waals surface area contributed by atoms with Crippen LogP contribution in [0.25, 0.3) is 0 Å². The van der Waals surface area contributed by atoms with Gasteiger partial charge in [-0.05, 0) is 52.4 Å². The largest absolute Gasteiger partial charge is 0.340 e. The fraction of sp³-hybridized carbons (Fsp3) is 0.875. The molecule has 0 radical (unpaired) electrons. The minimum absolute atomic E-state index is 0.0191. The van der Waals surface area contributed by atoms with Gasteiger partial charge < -0.3 is 10.2 Å². The summed E-state index contributed by atoms with van der Waals surface area (Å²) >= 11 is 0. The lowest BCUT2D eigenvalue weighted by Crippen LogP contribution is -2.73. The molecule has 1 saturated carbocycles. The van der Waals surface area contributed by atoms with E-state index in [-0.39, 0.29) is 23.4 Å². The molecule has 0 bridgehead atoms. The lowest BCUT2D eigenvalue weighted by Gasteiger charge is -2.51. The summed E-state index contributed by atoms with van der Waals surface area (Å²) in [6, 6.07) is -0.323. The zero-order valence-electron chi connectivity index (χ0n) is 13.5. The number of hydrogen-bond donors (Lipinski definition) is 1. The van der Waals surface area contributed by atoms with Gasteiger partial charge in [0, 0.05) is 5.54 Å². The smallest absolute Gasteiger partial charge is 0.249 e. The molecule has 4 nitrogen and oxygen atoms in total. The quantitative estimate of drug-likeness (QED) is 0.841. The first-order valence-electron chi connectivity index (χ1n) is 7.93. The van der Waals surface area contributed by atoms with Gasteiger partial charge in [0.2, 0.25) is 11.8 Å². The zero-order valence-corrected chi connectivity index (χ0v) is 13.5. The van der Waals surface area contributed by atoms with E-state index in [1.807, 2.05) is 18.7 Å². The number of piperazine rings is 1. The molecule has 0 aromatic heterocycles. The number of nitrogens with one attached hydrogen (secondary N) is 1. The van der Waals surface area contributed by atoms with E-state index >= 15 is 0 Å². The molecule has 1 N–H and O–H groups in total. The fourth-order valence-electron chi connectivity index (χ4n) is 3.64. The third-order valence-corrected chi connectivity index (χ3v) is 4.95. The summed E-state index contributed by atoms with van der Waals surface area (Å²) in [4.78, 5) is 27.4. The molecule has 0 spiro atoms. The highest BCUT2D eigenvalue weighted by molar-refractivity contribution is 6.00. The fourth-order valence-corrected chi connectivity index (χ4v) is 3.64. The molecule has 4 heteroatoms. The van der Waals surface area contributed by atoms with Crippen LogP contribution >= 0.6 is 0 Å². The maximum atomic E-state index is 13.1. The van der Waals surface area contributed by atoms with Crippen LogP contribution in [0.1, 0.15) is 66.7 Å². The van der Waals surface area contributed by atoms with E-state index in [0.29, 0.717) is 12.3 Å². The van der Waals surface area contributed by atoms with Gasteiger partial charge in [0.05, 0.1) is 0 Å². The second-order valence-corrected chi connectivity index (χ2v) is 7.13. The van der Waals surface area contributed by atoms with E-state index < -0.39 is 5.54 Å². The Bertz CT molecular complexity index is 415. The Labute approximate surface area is 122 Å². The summed E-state index contributed by atoms with van der Waals surface area (Å²) in [5.41, 5.74) is -0.950. The van der Waals surface area contributed by atoms with Crippen LogP contribution in [0.3, 0.4) is 0 Å². The summed E-state index contributed by atoms with van der Waals surface area (Å²) in [6.07, 6.45) is 4.69. The Morgan fingerprint density at radius 2 is 1.90 bits per heavy atom. The van der Waals surface area contributed by atoms with E-state index in [4.69, 9.17) is 0 Å². The minimum Gasteiger partial charge on any atom is -0.340 e. The molecule has 2 amide bonds. The van der Waals surface area contributed by atoms with E-state index in [0.717, 1.165) is 25.7 Å². The van der Waals surface area contributed by atoms with Crippen molar-refractivity contribution in [2.75, 3.05) is 0 Å². The molecule has 2 fully saturated rings. The first-order valence-corrected chi connectivity index (χ1v) is 7.93. The van der Waals surface area contributed by atoms with Crippen LogP contribution in [0.2, 0.25) is 0 Å². The van der Waals surface area contributed by atoms with E-state index in [9.17, 15) is 9.59 Å². The Balaban J connectivity index is 2.37. The predicted molar refractivity (Wildman–Crippen MR) is 79.2 cm³/mol. The van der Waals surface area contributed by atoms with Gasteiger partial charge in [-0.1, -0.05) is 20.3 Å². The van der Waals surface area contributed by atoms with Crippen molar-refractivity contribution in [3.63, 3.8) is 0 Å². The first-order chi connectivity index (χ1) is 9.28. The van der Waals surface area contributed by atoms with Crippen molar-refractivity contribution in [2.24, 2.45) is 5.92 Å². The van der Waals surface area contributed by atoms with Crippen LogP contribution in [-0.4, -0.2) is 33.8 Å². The van der Waals surface area contributed by atoms with Crippen molar-refractivity contribution in [2.45, 2.75) is 83.8 Å². The van der Waals surface area contributed by atoms with Gasteiger partial charge in [-0.25, -0.2) is 0 Å². The van der Waals surface area contributed by atoms with Crippen molar-refractivity contribution in [3.8, 4) is 0 Å². The summed E-state index contributed by atoms with van der Waals surface area (Å²) < 4.78 is 0. The number of nitrogens with zero attached hydrogens (tertiary/aromatic N) is 1. The molecular formula is C16H28N2O2. The van der Waals surface area contributed by atoms with Gasteiger partial charge in [-0.3, -0.25) is 9.59 Å². The summed E-state index contributed by atoms with van der Waals surface area (Å²) in [7, 11) is 0. The predicted octanol–water partition coefficient (Wildman–Crippen LogP) is 2.47. The third kappa shape index (κ3) is 2.33. The Morgan fingerprint density at radius 3 is 2.35 bits per heavy atom. The molecule has 2 aliphatic rings. The van der Waals surface area contributed by atoms with E-state index in [2.05, 4.69) is 26.1 Å². The topological polar surface area (TPSA) is 49.4 Å². The first kappa shape index (κ1) is 15.3. The molecule has 1 saturated heterocycles. The van der Waals surface area contributed by atoms with Crippen LogP contribution in [-0.2, 0) is 9.59 Å². The summed E-state index contributed by atoms with van der Waals surface area (Å²) in [5.74, 6) is 0.451. The molecule has 1 heterocycles. The maximum Gasteiger partial charge on any atom is 0.249 e. The highest BCUT2D eigenvalue weighted by Crippen LogP contribution is 2.44. The third-order valence-electron chi connectivity index (χ3n) is 4.95. The van der Waals surface area contributed by atoms with Gasteiger partial charge >= 0.3 is 0 Å². The molecule has 114 valence electrons. The lowest BCUT2D eigenvalue weighted by molar-refractivity contribution is -0.162. The molecule has 0 aromatic rings. The van der Waals surface area contributed by atoms with Crippen molar-refractivity contribution in [1.82, 2.24) is 10.2 Å². The van der Waals surface area contributed by atoms with Crippen molar-refractivity contribution in [3.05, 3.63) is 0 Å². The molecule has 2 unspecified atom stereocenters. The van der Waals surface area contributed by atoms with E-state index in [1.165, 1.54) is 0 Å². The molecule has 1 aliphatic carbocycles. The SMILES string of the molecule is CCCC(C)(C)N1C(=O)C(C)(C2CC2)NC(=O)C1CC. The lowest BCUT2D eigenvalue weighted by atomic mass is 9.84. The highest BCUT2D eigenvalue weighted by Gasteiger charge is 2.57. The van der Waals surface area contributed by atoms with E-state index in [1.54, 1.807) is 0 Å². The van der Waals surface area contributed by atoms with Crippen LogP contribution in [0, 0.1) is 5.92 Å². The minimum atomic E-state index is -0.687. The molecule has 2 rings (SSSR count). The van der Waals surface area contributed by atoms with Crippen LogP contribution in [0.5, 0.6) is 0 Å². The molecule has 20 heavy (non-hydrogen) atoms. The maximum absolute atomic E-state index is 13.1. The second kappa shape index (κ2) is 5.05. The van der Waals surface area contributed by atoms with Gasteiger partial charge in [0.15, 0.2) is 0 Å². The monoisotopic (exact) mass is 280 g/mol. The molecule has 2 atom stereocenters. The van der Waals surface area contributed by atoms with Gasteiger partial charge in [-0.2, -0.15) is 0 Å². The van der Waals surface area contributed by atoms with Crippen molar-refractivity contribution < 1.29 is 9.59 Å². The number of hydrogen-bond acceptors (Lipinski definition) is 2. The number of carbonyl (C=O) groups excluding carboxylic acids is 2. The number of amides is 2. The zero-order chi connectivity index (χ0) is 15.1. The van der Waals surface area contributed by atoms with Crippen LogP contribution in [0.4, 0.5) is 0 Å². The Hall–Kier alpha value is -1.06. The van der Waals surface area contributed by atoms with Gasteiger partial charge in [0.25, 0.3) is 0 Å². The standard InChI is InChI=1S/C16H28N2O2/c1-6-10-15(3,4)18-12(7-2)13(19)17-16(5,14(18)20)11-8-9-11/h11-12H,6-10H2,1-5H3,(H,17,19). The van der Waals surface area contributed by atoms with Gasteiger partial charge in [0.1, 0.15) is 11.6 Å². The van der Waals surface area contributed by atoms with Crippen molar-refractivity contribution >= 4 is 11.8 Å². The van der Waals surface area contributed by atoms with Gasteiger partial charge in [-0.15, -0.1) is 0 Å². The molecule has 0 aromatic carbocycles. The van der Waals surface area contributed by atoms with Crippen LogP contribution < -0.4 is 5.32 Å². The molecule has 1 aliphatic heterocycles. The van der Waals surface area contributed by atoms with Crippen LogP contribution in [0.15, 0.2) is 0 Å². The average Bonchev–Trinajstić information content (AvgIpc) is 3.17. The van der Waals surface area contributed by atoms with Crippen molar-refractivity contribution in [1.29, 1.82) is 0 Å². The summed E-state index contributed by atoms with van der Waals surface area (Å²) in [6.45, 7) is 10.2. The number of rotatable bonds is 5. The Kier molecular flexibility index (Phi) is 3.87. The number of carbonyl (C=O) groups is 2. The highest BCUT2D eigenvalue weighted by atomic mass is 16.2.